The van der Waals surface area contributed by atoms with Crippen LogP contribution in [-0.2, 0) is 10.1 Å². The number of carbonyl (C=O) groups excluding carboxylic acids is 1. The fourth-order valence-electron chi connectivity index (χ4n) is 0.736. The Kier molecular flexibility index (Phi) is 3.22. The number of aromatic nitrogens is 1. The first kappa shape index (κ1) is 9.19. The van der Waals surface area contributed by atoms with Crippen molar-refractivity contribution in [3.05, 3.63) is 23.9 Å². The Hall–Kier alpha value is -0.900. The van der Waals surface area contributed by atoms with Gasteiger partial charge < -0.3 is 4.74 Å². The van der Waals surface area contributed by atoms with Crippen LogP contribution in [0.1, 0.15) is 12.6 Å². The van der Waals surface area contributed by atoms with E-state index in [4.69, 9.17) is 4.74 Å². The van der Waals surface area contributed by atoms with Crippen molar-refractivity contribution in [3.8, 4) is 5.88 Å². The topological polar surface area (TPSA) is 39.2 Å². The molecule has 0 aliphatic rings. The Bertz CT molecular complexity index is 288. The molecule has 0 saturated heterocycles. The molecule has 0 aliphatic heterocycles. The van der Waals surface area contributed by atoms with E-state index < -0.39 is 0 Å². The minimum atomic E-state index is -0.353. The van der Waals surface area contributed by atoms with Gasteiger partial charge in [-0.05, 0) is 6.07 Å². The number of esters is 1. The summed E-state index contributed by atoms with van der Waals surface area (Å²) in [6.45, 7) is 1.35. The largest absolute Gasteiger partial charge is 0.408 e. The average molecular weight is 230 g/mol. The summed E-state index contributed by atoms with van der Waals surface area (Å²) in [5.41, 5.74) is 0.841. The van der Waals surface area contributed by atoms with Crippen LogP contribution in [0.3, 0.4) is 0 Å². The molecule has 0 spiro atoms. The van der Waals surface area contributed by atoms with Gasteiger partial charge >= 0.3 is 5.97 Å². The van der Waals surface area contributed by atoms with Gasteiger partial charge in [-0.25, -0.2) is 4.98 Å². The minimum Gasteiger partial charge on any atom is -0.408 e. The molecule has 0 aliphatic carbocycles. The Labute approximate surface area is 78.9 Å². The second-order valence-corrected chi connectivity index (χ2v) is 2.76. The third-order valence-corrected chi connectivity index (χ3v) is 1.74. The van der Waals surface area contributed by atoms with Crippen LogP contribution in [0.25, 0.3) is 0 Å². The highest BCUT2D eigenvalue weighted by Gasteiger charge is 1.99. The van der Waals surface area contributed by atoms with Gasteiger partial charge in [-0.3, -0.25) is 4.79 Å². The van der Waals surface area contributed by atoms with E-state index in [1.807, 2.05) is 6.07 Å². The van der Waals surface area contributed by atoms with Crippen molar-refractivity contribution in [2.45, 2.75) is 12.3 Å². The van der Waals surface area contributed by atoms with Crippen molar-refractivity contribution < 1.29 is 9.53 Å². The van der Waals surface area contributed by atoms with Crippen molar-refractivity contribution >= 4 is 21.9 Å². The van der Waals surface area contributed by atoms with Gasteiger partial charge in [0.15, 0.2) is 0 Å². The zero-order valence-electron chi connectivity index (χ0n) is 6.58. The summed E-state index contributed by atoms with van der Waals surface area (Å²) < 4.78 is 4.79. The van der Waals surface area contributed by atoms with Crippen molar-refractivity contribution in [2.24, 2.45) is 0 Å². The lowest BCUT2D eigenvalue weighted by molar-refractivity contribution is -0.132. The maximum Gasteiger partial charge on any atom is 0.309 e. The predicted octanol–water partition coefficient (Wildman–Crippen LogP) is 1.90. The van der Waals surface area contributed by atoms with Crippen molar-refractivity contribution in [3.63, 3.8) is 0 Å². The number of halogens is 1. The summed E-state index contributed by atoms with van der Waals surface area (Å²) in [6, 6.07) is 5.29. The van der Waals surface area contributed by atoms with E-state index in [9.17, 15) is 4.79 Å². The lowest BCUT2D eigenvalue weighted by Crippen LogP contribution is -2.03. The van der Waals surface area contributed by atoms with E-state index in [0.717, 1.165) is 5.69 Å². The molecule has 12 heavy (non-hydrogen) atoms. The SMILES string of the molecule is CC(=O)Oc1cccc(CBr)n1. The van der Waals surface area contributed by atoms with Gasteiger partial charge in [0.25, 0.3) is 0 Å². The standard InChI is InChI=1S/C8H8BrNO2/c1-6(11)12-8-4-2-3-7(5-9)10-8/h2-4H,5H2,1H3. The Morgan fingerprint density at radius 3 is 3.00 bits per heavy atom. The smallest absolute Gasteiger partial charge is 0.309 e. The van der Waals surface area contributed by atoms with Crippen LogP contribution in [0, 0.1) is 0 Å². The molecule has 1 aromatic rings. The summed E-state index contributed by atoms with van der Waals surface area (Å²) in [5.74, 6) is -0.00586. The number of rotatable bonds is 2. The second kappa shape index (κ2) is 4.21. The predicted molar refractivity (Wildman–Crippen MR) is 48.2 cm³/mol. The number of carbonyl (C=O) groups is 1. The van der Waals surface area contributed by atoms with E-state index in [2.05, 4.69) is 20.9 Å². The molecule has 4 heteroatoms. The van der Waals surface area contributed by atoms with Crippen molar-refractivity contribution in [1.29, 1.82) is 0 Å². The van der Waals surface area contributed by atoms with Gasteiger partial charge in [-0.1, -0.05) is 22.0 Å². The third kappa shape index (κ3) is 2.62. The van der Waals surface area contributed by atoms with E-state index in [-0.39, 0.29) is 5.97 Å². The molecule has 3 nitrogen and oxygen atoms in total. The molecule has 0 unspecified atom stereocenters. The molecule has 0 fully saturated rings. The number of pyridine rings is 1. The van der Waals surface area contributed by atoms with Gasteiger partial charge in [0, 0.05) is 18.3 Å². The molecular weight excluding hydrogens is 222 g/mol. The summed E-state index contributed by atoms with van der Waals surface area (Å²) in [4.78, 5) is 14.6. The Morgan fingerprint density at radius 2 is 2.42 bits per heavy atom. The van der Waals surface area contributed by atoms with Crippen LogP contribution in [-0.4, -0.2) is 11.0 Å². The fourth-order valence-corrected chi connectivity index (χ4v) is 1.05. The van der Waals surface area contributed by atoms with Crippen molar-refractivity contribution in [2.75, 3.05) is 0 Å². The molecule has 0 amide bonds. The minimum absolute atomic E-state index is 0.347. The lowest BCUT2D eigenvalue weighted by atomic mass is 10.4. The van der Waals surface area contributed by atoms with Crippen LogP contribution in [0.5, 0.6) is 5.88 Å². The van der Waals surface area contributed by atoms with Gasteiger partial charge in [-0.15, -0.1) is 0 Å². The first-order valence-electron chi connectivity index (χ1n) is 3.42. The van der Waals surface area contributed by atoms with Crippen LogP contribution in [0.4, 0.5) is 0 Å². The highest BCUT2D eigenvalue weighted by Crippen LogP contribution is 2.09. The van der Waals surface area contributed by atoms with Gasteiger partial charge in [0.2, 0.25) is 5.88 Å². The summed E-state index contributed by atoms with van der Waals surface area (Å²) in [6.07, 6.45) is 0. The summed E-state index contributed by atoms with van der Waals surface area (Å²) in [5, 5.41) is 0.655. The summed E-state index contributed by atoms with van der Waals surface area (Å²) in [7, 11) is 0. The second-order valence-electron chi connectivity index (χ2n) is 2.19. The maximum absolute atomic E-state index is 10.5. The molecule has 0 radical (unpaired) electrons. The van der Waals surface area contributed by atoms with Crippen molar-refractivity contribution in [1.82, 2.24) is 4.98 Å². The van der Waals surface area contributed by atoms with E-state index in [1.54, 1.807) is 12.1 Å². The third-order valence-electron chi connectivity index (χ3n) is 1.17. The molecule has 0 aromatic carbocycles. The monoisotopic (exact) mass is 229 g/mol. The zero-order chi connectivity index (χ0) is 8.97. The molecule has 1 heterocycles. The molecule has 0 N–H and O–H groups in total. The van der Waals surface area contributed by atoms with E-state index in [0.29, 0.717) is 11.2 Å². The van der Waals surface area contributed by atoms with Crippen LogP contribution in [0.2, 0.25) is 0 Å². The fraction of sp³-hybridized carbons (Fsp3) is 0.250. The number of ether oxygens (including phenoxy) is 1. The maximum atomic E-state index is 10.5. The normalized spacial score (nSPS) is 9.50. The highest BCUT2D eigenvalue weighted by atomic mass is 79.9. The first-order valence-corrected chi connectivity index (χ1v) is 4.55. The number of hydrogen-bond acceptors (Lipinski definition) is 3. The van der Waals surface area contributed by atoms with Gasteiger partial charge in [0.1, 0.15) is 0 Å². The number of hydrogen-bond donors (Lipinski definition) is 0. The molecule has 0 atom stereocenters. The Morgan fingerprint density at radius 1 is 1.67 bits per heavy atom. The number of alkyl halides is 1. The van der Waals surface area contributed by atoms with Gasteiger partial charge in [-0.2, -0.15) is 0 Å². The average Bonchev–Trinajstić information content (AvgIpc) is 2.03. The molecule has 1 rings (SSSR count). The lowest BCUT2D eigenvalue weighted by Gasteiger charge is -2.00. The molecule has 0 saturated carbocycles. The molecule has 1 aromatic heterocycles. The van der Waals surface area contributed by atoms with E-state index >= 15 is 0 Å². The van der Waals surface area contributed by atoms with Gasteiger partial charge in [0.05, 0.1) is 5.69 Å². The molecule has 0 bridgehead atoms. The Balaban J connectivity index is 2.79. The first-order chi connectivity index (χ1) is 5.72. The number of nitrogens with zero attached hydrogens (tertiary/aromatic N) is 1. The molecule has 64 valence electrons. The summed E-state index contributed by atoms with van der Waals surface area (Å²) >= 11 is 3.25. The zero-order valence-corrected chi connectivity index (χ0v) is 8.17. The van der Waals surface area contributed by atoms with Crippen LogP contribution >= 0.6 is 15.9 Å². The molecular formula is C8H8BrNO2. The highest BCUT2D eigenvalue weighted by molar-refractivity contribution is 9.08. The van der Waals surface area contributed by atoms with Crippen LogP contribution in [0.15, 0.2) is 18.2 Å². The van der Waals surface area contributed by atoms with Crippen LogP contribution < -0.4 is 4.74 Å². The quantitative estimate of drug-likeness (QED) is 0.575. The van der Waals surface area contributed by atoms with E-state index in [1.165, 1.54) is 6.92 Å².